The molecule has 17 heavy (non-hydrogen) atoms. The second-order valence-corrected chi connectivity index (χ2v) is 3.91. The van der Waals surface area contributed by atoms with Crippen LogP contribution in [0.15, 0.2) is 0 Å². The van der Waals surface area contributed by atoms with Crippen molar-refractivity contribution in [3.63, 3.8) is 0 Å². The van der Waals surface area contributed by atoms with E-state index in [1.807, 2.05) is 0 Å². The molecule has 0 rings (SSSR count). The van der Waals surface area contributed by atoms with Gasteiger partial charge in [-0.15, -0.1) is 0 Å². The third kappa shape index (κ3) is 7.98. The summed E-state index contributed by atoms with van der Waals surface area (Å²) < 4.78 is 44.3. The van der Waals surface area contributed by atoms with Gasteiger partial charge in [-0.25, -0.2) is 0 Å². The number of esters is 1. The van der Waals surface area contributed by atoms with Gasteiger partial charge in [0.25, 0.3) is 0 Å². The van der Waals surface area contributed by atoms with Crippen molar-refractivity contribution in [1.82, 2.24) is 0 Å². The molecule has 0 bridgehead atoms. The molecular formula is C10H18F3NO3. The minimum Gasteiger partial charge on any atom is -0.465 e. The van der Waals surface area contributed by atoms with E-state index >= 15 is 0 Å². The van der Waals surface area contributed by atoms with Gasteiger partial charge >= 0.3 is 12.1 Å². The van der Waals surface area contributed by atoms with Crippen molar-refractivity contribution in [3.05, 3.63) is 0 Å². The molecule has 7 heteroatoms. The van der Waals surface area contributed by atoms with Crippen molar-refractivity contribution < 1.29 is 27.4 Å². The van der Waals surface area contributed by atoms with Gasteiger partial charge in [0.15, 0.2) is 0 Å². The molecule has 0 radical (unpaired) electrons. The Bertz CT molecular complexity index is 241. The number of hydrogen-bond acceptors (Lipinski definition) is 4. The number of nitrogens with two attached hydrogens (primary N) is 1. The molecule has 0 aliphatic carbocycles. The Hall–Kier alpha value is -0.820. The molecule has 0 spiro atoms. The molecule has 0 aliphatic heterocycles. The van der Waals surface area contributed by atoms with Crippen LogP contribution in [0.3, 0.4) is 0 Å². The van der Waals surface area contributed by atoms with Crippen molar-refractivity contribution in [2.45, 2.75) is 38.4 Å². The number of alkyl halides is 3. The van der Waals surface area contributed by atoms with Crippen molar-refractivity contribution in [2.75, 3.05) is 19.8 Å². The third-order valence-corrected chi connectivity index (χ3v) is 1.99. The fraction of sp³-hybridized carbons (Fsp3) is 0.900. The van der Waals surface area contributed by atoms with Crippen LogP contribution in [0.25, 0.3) is 0 Å². The smallest absolute Gasteiger partial charge is 0.411 e. The van der Waals surface area contributed by atoms with Gasteiger partial charge in [-0.3, -0.25) is 4.79 Å². The average Bonchev–Trinajstić information content (AvgIpc) is 2.15. The van der Waals surface area contributed by atoms with E-state index in [2.05, 4.69) is 4.74 Å². The zero-order chi connectivity index (χ0) is 13.5. The molecule has 4 nitrogen and oxygen atoms in total. The minimum atomic E-state index is -4.33. The number of halogens is 3. The Morgan fingerprint density at radius 3 is 2.41 bits per heavy atom. The number of rotatable bonds is 7. The van der Waals surface area contributed by atoms with Gasteiger partial charge in [-0.05, 0) is 26.7 Å². The summed E-state index contributed by atoms with van der Waals surface area (Å²) in [5.41, 5.74) is 4.48. The van der Waals surface area contributed by atoms with Gasteiger partial charge in [0.1, 0.15) is 12.1 Å². The first-order chi connectivity index (χ1) is 7.69. The van der Waals surface area contributed by atoms with Crippen molar-refractivity contribution in [1.29, 1.82) is 0 Å². The molecule has 2 N–H and O–H groups in total. The molecule has 0 aromatic heterocycles. The summed E-state index contributed by atoms with van der Waals surface area (Å²) in [6.45, 7) is 1.98. The fourth-order valence-corrected chi connectivity index (χ4v) is 1.13. The second-order valence-electron chi connectivity index (χ2n) is 3.91. The van der Waals surface area contributed by atoms with Gasteiger partial charge in [0, 0.05) is 6.61 Å². The second kappa shape index (κ2) is 6.80. The summed E-state index contributed by atoms with van der Waals surface area (Å²) in [6.07, 6.45) is -3.85. The van der Waals surface area contributed by atoms with Crippen LogP contribution in [0.5, 0.6) is 0 Å². The van der Waals surface area contributed by atoms with Gasteiger partial charge in [0.05, 0.1) is 6.61 Å². The predicted octanol–water partition coefficient (Wildman–Crippen LogP) is 1.63. The molecular weight excluding hydrogens is 239 g/mol. The summed E-state index contributed by atoms with van der Waals surface area (Å²) in [6, 6.07) is 0. The first kappa shape index (κ1) is 16.2. The van der Waals surface area contributed by atoms with Gasteiger partial charge in [0.2, 0.25) is 0 Å². The van der Waals surface area contributed by atoms with Gasteiger partial charge < -0.3 is 15.2 Å². The molecule has 0 aromatic rings. The third-order valence-electron chi connectivity index (χ3n) is 1.99. The van der Waals surface area contributed by atoms with E-state index in [1.54, 1.807) is 6.92 Å². The predicted molar refractivity (Wildman–Crippen MR) is 55.3 cm³/mol. The Balaban J connectivity index is 3.76. The standard InChI is InChI=1S/C10H18F3NO3/c1-3-17-8(15)9(2,14)5-4-6-16-7-10(11,12)13/h3-7,14H2,1-2H3. The Morgan fingerprint density at radius 1 is 1.35 bits per heavy atom. The quantitative estimate of drug-likeness (QED) is 0.556. The van der Waals surface area contributed by atoms with Crippen LogP contribution in [-0.2, 0) is 14.3 Å². The van der Waals surface area contributed by atoms with Crippen LogP contribution in [0.4, 0.5) is 13.2 Å². The normalized spacial score (nSPS) is 15.4. The summed E-state index contributed by atoms with van der Waals surface area (Å²) in [7, 11) is 0. The number of carbonyl (C=O) groups excluding carboxylic acids is 1. The van der Waals surface area contributed by atoms with E-state index in [4.69, 9.17) is 10.5 Å². The lowest BCUT2D eigenvalue weighted by Gasteiger charge is -2.21. The topological polar surface area (TPSA) is 61.5 Å². The van der Waals surface area contributed by atoms with Crippen molar-refractivity contribution >= 4 is 5.97 Å². The molecule has 0 saturated heterocycles. The van der Waals surface area contributed by atoms with E-state index in [9.17, 15) is 18.0 Å². The lowest BCUT2D eigenvalue weighted by molar-refractivity contribution is -0.174. The highest BCUT2D eigenvalue weighted by molar-refractivity contribution is 5.79. The lowest BCUT2D eigenvalue weighted by Crippen LogP contribution is -2.46. The SMILES string of the molecule is CCOC(=O)C(C)(N)CCCOCC(F)(F)F. The van der Waals surface area contributed by atoms with Crippen molar-refractivity contribution in [3.8, 4) is 0 Å². The minimum absolute atomic E-state index is 0.0916. The molecule has 0 heterocycles. The first-order valence-corrected chi connectivity index (χ1v) is 5.29. The Labute approximate surface area is 98.2 Å². The van der Waals surface area contributed by atoms with E-state index in [0.29, 0.717) is 0 Å². The van der Waals surface area contributed by atoms with E-state index in [0.717, 1.165) is 0 Å². The summed E-state index contributed by atoms with van der Waals surface area (Å²) in [5.74, 6) is -0.559. The molecule has 1 unspecified atom stereocenters. The molecule has 0 aromatic carbocycles. The monoisotopic (exact) mass is 257 g/mol. The number of carbonyl (C=O) groups is 1. The zero-order valence-electron chi connectivity index (χ0n) is 9.97. The first-order valence-electron chi connectivity index (χ1n) is 5.29. The van der Waals surface area contributed by atoms with Crippen LogP contribution < -0.4 is 5.73 Å². The molecule has 0 amide bonds. The summed E-state index contributed by atoms with van der Waals surface area (Å²) in [5, 5.41) is 0. The lowest BCUT2D eigenvalue weighted by atomic mass is 9.98. The Kier molecular flexibility index (Phi) is 6.48. The van der Waals surface area contributed by atoms with Crippen LogP contribution in [-0.4, -0.2) is 37.5 Å². The molecule has 102 valence electrons. The van der Waals surface area contributed by atoms with Gasteiger partial charge in [-0.2, -0.15) is 13.2 Å². The van der Waals surface area contributed by atoms with E-state index < -0.39 is 24.3 Å². The van der Waals surface area contributed by atoms with Crippen LogP contribution in [0.1, 0.15) is 26.7 Å². The number of ether oxygens (including phenoxy) is 2. The summed E-state index contributed by atoms with van der Waals surface area (Å²) in [4.78, 5) is 11.3. The summed E-state index contributed by atoms with van der Waals surface area (Å²) >= 11 is 0. The van der Waals surface area contributed by atoms with Crippen molar-refractivity contribution in [2.24, 2.45) is 5.73 Å². The maximum Gasteiger partial charge on any atom is 0.411 e. The van der Waals surface area contributed by atoms with E-state index in [-0.39, 0.29) is 26.1 Å². The molecule has 0 aliphatic rings. The van der Waals surface area contributed by atoms with Crippen LogP contribution >= 0.6 is 0 Å². The fourth-order valence-electron chi connectivity index (χ4n) is 1.13. The molecule has 1 atom stereocenters. The highest BCUT2D eigenvalue weighted by Gasteiger charge is 2.30. The maximum absolute atomic E-state index is 11.7. The van der Waals surface area contributed by atoms with Crippen LogP contribution in [0, 0.1) is 0 Å². The van der Waals surface area contributed by atoms with Gasteiger partial charge in [-0.1, -0.05) is 0 Å². The van der Waals surface area contributed by atoms with E-state index in [1.165, 1.54) is 6.92 Å². The average molecular weight is 257 g/mol. The Morgan fingerprint density at radius 2 is 1.94 bits per heavy atom. The highest BCUT2D eigenvalue weighted by atomic mass is 19.4. The highest BCUT2D eigenvalue weighted by Crippen LogP contribution is 2.15. The largest absolute Gasteiger partial charge is 0.465 e. The van der Waals surface area contributed by atoms with Crippen LogP contribution in [0.2, 0.25) is 0 Å². The molecule has 0 fully saturated rings. The zero-order valence-corrected chi connectivity index (χ0v) is 9.97. The number of hydrogen-bond donors (Lipinski definition) is 1. The molecule has 0 saturated carbocycles. The maximum atomic E-state index is 11.7.